The van der Waals surface area contributed by atoms with E-state index in [1.54, 1.807) is 30.3 Å². The number of carbonyl (C=O) groups is 3. The number of halogens is 2. The predicted molar refractivity (Wildman–Crippen MR) is 150 cm³/mol. The van der Waals surface area contributed by atoms with Crippen LogP contribution in [0.1, 0.15) is 16.7 Å². The summed E-state index contributed by atoms with van der Waals surface area (Å²) in [7, 11) is 0. The summed E-state index contributed by atoms with van der Waals surface area (Å²) in [5.74, 6) is -0.984. The molecule has 1 aliphatic rings. The van der Waals surface area contributed by atoms with Crippen LogP contribution in [0.5, 0.6) is 5.75 Å². The Balaban J connectivity index is 1.49. The van der Waals surface area contributed by atoms with Gasteiger partial charge in [-0.3, -0.25) is 14.9 Å². The quantitative estimate of drug-likeness (QED) is 0.194. The Kier molecular flexibility index (Phi) is 6.95. The lowest BCUT2D eigenvalue weighted by Gasteiger charge is -2.27. The number of imide groups is 2. The van der Waals surface area contributed by atoms with Crippen LogP contribution in [0.15, 0.2) is 93.4 Å². The minimum atomic E-state index is -0.796. The van der Waals surface area contributed by atoms with Gasteiger partial charge in [0.25, 0.3) is 11.8 Å². The second-order valence-corrected chi connectivity index (χ2v) is 10.3. The first-order chi connectivity index (χ1) is 17.8. The van der Waals surface area contributed by atoms with Crippen molar-refractivity contribution in [1.82, 2.24) is 5.32 Å². The van der Waals surface area contributed by atoms with E-state index in [1.165, 1.54) is 6.08 Å². The number of barbiturate groups is 1. The Labute approximate surface area is 230 Å². The fraction of sp³-hybridized carbons (Fsp3) is 0.0690. The van der Waals surface area contributed by atoms with Crippen molar-refractivity contribution in [1.29, 1.82) is 0 Å². The monoisotopic (exact) mass is 618 g/mol. The maximum absolute atomic E-state index is 13.4. The number of hydrogen-bond acceptors (Lipinski definition) is 4. The van der Waals surface area contributed by atoms with E-state index in [0.29, 0.717) is 23.6 Å². The molecule has 0 aliphatic carbocycles. The number of amides is 4. The van der Waals surface area contributed by atoms with E-state index in [9.17, 15) is 14.4 Å². The predicted octanol–water partition coefficient (Wildman–Crippen LogP) is 6.92. The number of ether oxygens (including phenoxy) is 1. The fourth-order valence-electron chi connectivity index (χ4n) is 4.15. The van der Waals surface area contributed by atoms with Gasteiger partial charge >= 0.3 is 6.03 Å². The number of hydrogen-bond donors (Lipinski definition) is 1. The fourth-order valence-corrected chi connectivity index (χ4v) is 4.78. The molecule has 4 amide bonds. The van der Waals surface area contributed by atoms with Crippen LogP contribution in [0.25, 0.3) is 16.8 Å². The number of benzene rings is 4. The van der Waals surface area contributed by atoms with Gasteiger partial charge in [-0.2, -0.15) is 0 Å². The second-order valence-electron chi connectivity index (χ2n) is 8.50. The van der Waals surface area contributed by atoms with Crippen molar-refractivity contribution < 1.29 is 19.1 Å². The maximum Gasteiger partial charge on any atom is 0.335 e. The zero-order chi connectivity index (χ0) is 26.1. The van der Waals surface area contributed by atoms with Gasteiger partial charge < -0.3 is 4.74 Å². The Hall–Kier alpha value is -3.75. The minimum Gasteiger partial charge on any atom is -0.488 e. The molecule has 0 bridgehead atoms. The number of anilines is 1. The number of nitrogens with one attached hydrogen (secondary N) is 1. The van der Waals surface area contributed by atoms with Gasteiger partial charge in [0.2, 0.25) is 0 Å². The van der Waals surface area contributed by atoms with Crippen molar-refractivity contribution in [2.24, 2.45) is 0 Å². The Morgan fingerprint density at radius 2 is 1.70 bits per heavy atom. The average molecular weight is 620 g/mol. The van der Waals surface area contributed by atoms with Crippen LogP contribution in [-0.4, -0.2) is 17.8 Å². The summed E-state index contributed by atoms with van der Waals surface area (Å²) in [5.41, 5.74) is 2.57. The molecule has 0 spiro atoms. The van der Waals surface area contributed by atoms with Crippen molar-refractivity contribution in [3.05, 3.63) is 110 Å². The molecule has 4 aromatic rings. The van der Waals surface area contributed by atoms with Gasteiger partial charge in [0.05, 0.1) is 5.69 Å². The topological polar surface area (TPSA) is 75.7 Å². The number of nitrogens with zero attached hydrogens (tertiary/aromatic N) is 1. The van der Waals surface area contributed by atoms with Crippen LogP contribution in [0, 0.1) is 6.92 Å². The Morgan fingerprint density at radius 3 is 2.51 bits per heavy atom. The molecule has 0 saturated carbocycles. The molecule has 4 aromatic carbocycles. The normalized spacial score (nSPS) is 14.8. The molecule has 1 saturated heterocycles. The molecule has 0 atom stereocenters. The third-order valence-corrected chi connectivity index (χ3v) is 7.42. The molecule has 184 valence electrons. The SMILES string of the molecule is Cc1cc(N2C(=O)NC(=O)/C(=C\c3cc(Br)ccc3OCc3cccc4ccccc34)C2=O)ccc1Br. The van der Waals surface area contributed by atoms with Gasteiger partial charge in [-0.25, -0.2) is 9.69 Å². The van der Waals surface area contributed by atoms with E-state index < -0.39 is 17.8 Å². The summed E-state index contributed by atoms with van der Waals surface area (Å²) in [5, 5.41) is 4.47. The highest BCUT2D eigenvalue weighted by Crippen LogP contribution is 2.30. The first-order valence-electron chi connectivity index (χ1n) is 11.4. The number of carbonyl (C=O) groups excluding carboxylic acids is 3. The van der Waals surface area contributed by atoms with E-state index in [4.69, 9.17) is 4.74 Å². The number of fused-ring (bicyclic) bond motifs is 1. The van der Waals surface area contributed by atoms with Crippen LogP contribution >= 0.6 is 31.9 Å². The second kappa shape index (κ2) is 10.3. The largest absolute Gasteiger partial charge is 0.488 e. The Morgan fingerprint density at radius 1 is 0.919 bits per heavy atom. The molecular formula is C29H20Br2N2O4. The van der Waals surface area contributed by atoms with Gasteiger partial charge in [0.1, 0.15) is 17.9 Å². The lowest BCUT2D eigenvalue weighted by molar-refractivity contribution is -0.122. The van der Waals surface area contributed by atoms with Crippen LogP contribution < -0.4 is 15.0 Å². The number of urea groups is 1. The van der Waals surface area contributed by atoms with Gasteiger partial charge in [-0.15, -0.1) is 0 Å². The molecule has 1 N–H and O–H groups in total. The molecule has 1 fully saturated rings. The third kappa shape index (κ3) is 5.08. The van der Waals surface area contributed by atoms with Gasteiger partial charge in [-0.05, 0) is 71.3 Å². The van der Waals surface area contributed by atoms with Crippen LogP contribution in [0.4, 0.5) is 10.5 Å². The smallest absolute Gasteiger partial charge is 0.335 e. The van der Waals surface area contributed by atoms with Crippen molar-refractivity contribution in [2.45, 2.75) is 13.5 Å². The standard InChI is InChI=1S/C29H20Br2N2O4/c1-17-13-22(10-11-25(17)31)33-28(35)24(27(34)32-29(33)36)15-20-14-21(30)9-12-26(20)37-16-19-7-4-6-18-5-2-3-8-23(18)19/h2-15H,16H2,1H3,(H,32,34,36)/b24-15+. The third-order valence-electron chi connectivity index (χ3n) is 6.04. The minimum absolute atomic E-state index is 0.173. The molecule has 0 aromatic heterocycles. The molecular weight excluding hydrogens is 600 g/mol. The summed E-state index contributed by atoms with van der Waals surface area (Å²) in [6.45, 7) is 2.14. The summed E-state index contributed by atoms with van der Waals surface area (Å²) in [4.78, 5) is 39.7. The maximum atomic E-state index is 13.4. The first kappa shape index (κ1) is 24.9. The highest BCUT2D eigenvalue weighted by Gasteiger charge is 2.37. The summed E-state index contributed by atoms with van der Waals surface area (Å²) in [6, 6.07) is 23.7. The van der Waals surface area contributed by atoms with Gasteiger partial charge in [-0.1, -0.05) is 74.3 Å². The summed E-state index contributed by atoms with van der Waals surface area (Å²) in [6.07, 6.45) is 1.45. The molecule has 0 radical (unpaired) electrons. The highest BCUT2D eigenvalue weighted by atomic mass is 79.9. The Bertz CT molecular complexity index is 1610. The molecule has 0 unspecified atom stereocenters. The van der Waals surface area contributed by atoms with E-state index in [2.05, 4.69) is 37.2 Å². The van der Waals surface area contributed by atoms with Crippen molar-refractivity contribution in [3.63, 3.8) is 0 Å². The molecule has 1 heterocycles. The molecule has 8 heteroatoms. The lowest BCUT2D eigenvalue weighted by atomic mass is 10.0. The first-order valence-corrected chi connectivity index (χ1v) is 13.0. The van der Waals surface area contributed by atoms with Crippen molar-refractivity contribution in [3.8, 4) is 5.75 Å². The molecule has 1 aliphatic heterocycles. The van der Waals surface area contributed by atoms with Crippen LogP contribution in [0.2, 0.25) is 0 Å². The molecule has 6 nitrogen and oxygen atoms in total. The zero-order valence-electron chi connectivity index (χ0n) is 19.6. The van der Waals surface area contributed by atoms with Gasteiger partial charge in [0.15, 0.2) is 0 Å². The number of aryl methyl sites for hydroxylation is 1. The van der Waals surface area contributed by atoms with E-state index in [1.807, 2.05) is 55.5 Å². The van der Waals surface area contributed by atoms with Crippen LogP contribution in [-0.2, 0) is 16.2 Å². The number of rotatable bonds is 5. The van der Waals surface area contributed by atoms with Gasteiger partial charge in [0, 0.05) is 14.5 Å². The highest BCUT2D eigenvalue weighted by molar-refractivity contribution is 9.10. The van der Waals surface area contributed by atoms with E-state index in [-0.39, 0.29) is 5.57 Å². The molecule has 5 rings (SSSR count). The van der Waals surface area contributed by atoms with E-state index in [0.717, 1.165) is 35.7 Å². The average Bonchev–Trinajstić information content (AvgIpc) is 2.88. The summed E-state index contributed by atoms with van der Waals surface area (Å²) >= 11 is 6.87. The van der Waals surface area contributed by atoms with Crippen molar-refractivity contribution in [2.75, 3.05) is 4.90 Å². The molecule has 37 heavy (non-hydrogen) atoms. The summed E-state index contributed by atoms with van der Waals surface area (Å²) < 4.78 is 7.76. The van der Waals surface area contributed by atoms with E-state index >= 15 is 0 Å². The van der Waals surface area contributed by atoms with Crippen LogP contribution in [0.3, 0.4) is 0 Å². The zero-order valence-corrected chi connectivity index (χ0v) is 22.8. The lowest BCUT2D eigenvalue weighted by Crippen LogP contribution is -2.54. The van der Waals surface area contributed by atoms with Crippen molar-refractivity contribution >= 4 is 72.2 Å².